The predicted octanol–water partition coefficient (Wildman–Crippen LogP) is 4.73. The lowest BCUT2D eigenvalue weighted by atomic mass is 9.81. The second-order valence-corrected chi connectivity index (χ2v) is 11.5. The van der Waals surface area contributed by atoms with Crippen LogP contribution in [0.15, 0.2) is 23.9 Å². The van der Waals surface area contributed by atoms with Crippen molar-refractivity contribution in [3.63, 3.8) is 0 Å². The van der Waals surface area contributed by atoms with E-state index in [1.807, 2.05) is 6.20 Å². The number of hydrogen-bond acceptors (Lipinski definition) is 7. The Hall–Kier alpha value is -2.29. The van der Waals surface area contributed by atoms with Gasteiger partial charge in [-0.05, 0) is 68.4 Å². The monoisotopic (exact) mass is 506 g/mol. The van der Waals surface area contributed by atoms with Crippen molar-refractivity contribution < 1.29 is 9.84 Å². The molecule has 3 fully saturated rings. The molecule has 1 saturated heterocycles. The number of hydrogen-bond donors (Lipinski definition) is 2. The number of allylic oxidation sites excluding steroid dienone is 3. The van der Waals surface area contributed by atoms with Crippen LogP contribution in [0.25, 0.3) is 16.6 Å². The van der Waals surface area contributed by atoms with Crippen LogP contribution >= 0.6 is 0 Å². The van der Waals surface area contributed by atoms with E-state index in [9.17, 15) is 5.11 Å². The van der Waals surface area contributed by atoms with E-state index in [2.05, 4.69) is 45.9 Å². The summed E-state index contributed by atoms with van der Waals surface area (Å²) in [5.74, 6) is 1.16. The van der Waals surface area contributed by atoms with Gasteiger partial charge < -0.3 is 15.2 Å². The van der Waals surface area contributed by atoms with Crippen LogP contribution in [-0.4, -0.2) is 74.2 Å². The topological polar surface area (TPSA) is 88.3 Å². The molecule has 8 heteroatoms. The van der Waals surface area contributed by atoms with Crippen LogP contribution in [0.4, 0.5) is 5.95 Å². The van der Waals surface area contributed by atoms with Gasteiger partial charge >= 0.3 is 0 Å². The molecule has 2 N–H and O–H groups in total. The van der Waals surface area contributed by atoms with E-state index in [1.165, 1.54) is 18.4 Å². The highest BCUT2D eigenvalue weighted by Crippen LogP contribution is 2.53. The first-order valence-electron chi connectivity index (χ1n) is 14.5. The normalized spacial score (nSPS) is 28.1. The van der Waals surface area contributed by atoms with Gasteiger partial charge in [0, 0.05) is 31.4 Å². The van der Waals surface area contributed by atoms with Gasteiger partial charge in [-0.2, -0.15) is 10.1 Å². The van der Waals surface area contributed by atoms with Crippen molar-refractivity contribution in [2.45, 2.75) is 89.3 Å². The number of aliphatic hydroxyl groups is 1. The summed E-state index contributed by atoms with van der Waals surface area (Å²) < 4.78 is 7.78. The molecule has 0 amide bonds. The quantitative estimate of drug-likeness (QED) is 0.501. The Kier molecular flexibility index (Phi) is 7.07. The zero-order valence-electron chi connectivity index (χ0n) is 22.5. The average Bonchev–Trinajstić information content (AvgIpc) is 3.64. The summed E-state index contributed by atoms with van der Waals surface area (Å²) in [6, 6.07) is 0.266. The Balaban J connectivity index is 1.33. The van der Waals surface area contributed by atoms with Crippen LogP contribution in [0.3, 0.4) is 0 Å². The van der Waals surface area contributed by atoms with Gasteiger partial charge in [-0.1, -0.05) is 32.4 Å². The summed E-state index contributed by atoms with van der Waals surface area (Å²) in [5, 5.41) is 19.7. The van der Waals surface area contributed by atoms with Crippen molar-refractivity contribution in [3.05, 3.63) is 29.6 Å². The van der Waals surface area contributed by atoms with E-state index in [4.69, 9.17) is 14.8 Å². The Labute approximate surface area is 220 Å². The second kappa shape index (κ2) is 10.5. The van der Waals surface area contributed by atoms with Gasteiger partial charge in [0.1, 0.15) is 0 Å². The molecule has 4 aliphatic rings. The van der Waals surface area contributed by atoms with Gasteiger partial charge in [0.15, 0.2) is 5.65 Å². The fourth-order valence-corrected chi connectivity index (χ4v) is 6.73. The molecule has 3 heterocycles. The molecule has 2 aromatic rings. The molecule has 1 aliphatic heterocycles. The maximum Gasteiger partial charge on any atom is 0.224 e. The van der Waals surface area contributed by atoms with Crippen molar-refractivity contribution in [2.75, 3.05) is 38.2 Å². The number of nitrogens with zero attached hydrogens (tertiary/aromatic N) is 5. The summed E-state index contributed by atoms with van der Waals surface area (Å²) in [6.07, 6.45) is 15.8. The highest BCUT2D eigenvalue weighted by Gasteiger charge is 2.52. The van der Waals surface area contributed by atoms with Crippen LogP contribution in [0.2, 0.25) is 0 Å². The molecule has 8 nitrogen and oxygen atoms in total. The molecular formula is C29H42N6O2. The minimum atomic E-state index is -0.190. The van der Waals surface area contributed by atoms with Gasteiger partial charge in [0.05, 0.1) is 36.4 Å². The fourth-order valence-electron chi connectivity index (χ4n) is 6.73. The summed E-state index contributed by atoms with van der Waals surface area (Å²) in [4.78, 5) is 12.3. The number of fused-ring (bicyclic) bond motifs is 1. The Morgan fingerprint density at radius 1 is 1.14 bits per heavy atom. The first-order valence-corrected chi connectivity index (χ1v) is 14.5. The molecular weight excluding hydrogens is 464 g/mol. The SMILES string of the molecule is CCCCNc1ncc2c(C3=CC=C(C4(N5CCOCC5)CC4)C(C)C3)nn(C3CCC(O)CC3)c2n1. The number of aromatic nitrogens is 4. The third-order valence-corrected chi connectivity index (χ3v) is 8.98. The van der Waals surface area contributed by atoms with Crippen molar-refractivity contribution in [1.82, 2.24) is 24.6 Å². The van der Waals surface area contributed by atoms with E-state index >= 15 is 0 Å². The lowest BCUT2D eigenvalue weighted by molar-refractivity contribution is 0.0159. The highest BCUT2D eigenvalue weighted by atomic mass is 16.5. The third-order valence-electron chi connectivity index (χ3n) is 8.98. The number of nitrogens with one attached hydrogen (secondary N) is 1. The first kappa shape index (κ1) is 25.0. The van der Waals surface area contributed by atoms with Crippen LogP contribution in [0.5, 0.6) is 0 Å². The molecule has 1 unspecified atom stereocenters. The Morgan fingerprint density at radius 3 is 2.62 bits per heavy atom. The highest BCUT2D eigenvalue weighted by molar-refractivity contribution is 5.89. The lowest BCUT2D eigenvalue weighted by Gasteiger charge is -2.39. The van der Waals surface area contributed by atoms with Crippen LogP contribution in [0.1, 0.15) is 83.4 Å². The van der Waals surface area contributed by atoms with Gasteiger partial charge in [-0.15, -0.1) is 0 Å². The van der Waals surface area contributed by atoms with E-state index in [-0.39, 0.29) is 17.7 Å². The van der Waals surface area contributed by atoms with Gasteiger partial charge in [-0.3, -0.25) is 4.90 Å². The number of unbranched alkanes of at least 4 members (excludes halogenated alkanes) is 1. The summed E-state index contributed by atoms with van der Waals surface area (Å²) >= 11 is 0. The minimum absolute atomic E-state index is 0.190. The molecule has 0 radical (unpaired) electrons. The summed E-state index contributed by atoms with van der Waals surface area (Å²) in [5.41, 5.74) is 5.06. The third kappa shape index (κ3) is 4.84. The molecule has 2 saturated carbocycles. The van der Waals surface area contributed by atoms with Crippen LogP contribution in [0, 0.1) is 5.92 Å². The minimum Gasteiger partial charge on any atom is -0.393 e. The number of anilines is 1. The molecule has 37 heavy (non-hydrogen) atoms. The van der Waals surface area contributed by atoms with E-state index in [1.54, 1.807) is 5.57 Å². The molecule has 0 bridgehead atoms. The number of aliphatic hydroxyl groups excluding tert-OH is 1. The van der Waals surface area contributed by atoms with Gasteiger partial charge in [0.25, 0.3) is 0 Å². The zero-order valence-corrected chi connectivity index (χ0v) is 22.5. The molecule has 3 aliphatic carbocycles. The van der Waals surface area contributed by atoms with Crippen molar-refractivity contribution in [1.29, 1.82) is 0 Å². The van der Waals surface area contributed by atoms with Gasteiger partial charge in [-0.25, -0.2) is 9.67 Å². The number of ether oxygens (including phenoxy) is 1. The summed E-state index contributed by atoms with van der Waals surface area (Å²) in [6.45, 7) is 9.22. The van der Waals surface area contributed by atoms with E-state index in [0.717, 1.165) is 94.5 Å². The van der Waals surface area contributed by atoms with Crippen LogP contribution in [-0.2, 0) is 4.74 Å². The maximum absolute atomic E-state index is 10.1. The molecule has 1 atom stereocenters. The summed E-state index contributed by atoms with van der Waals surface area (Å²) in [7, 11) is 0. The number of rotatable bonds is 8. The molecule has 2 aromatic heterocycles. The molecule has 200 valence electrons. The zero-order chi connectivity index (χ0) is 25.4. The molecule has 0 spiro atoms. The van der Waals surface area contributed by atoms with Gasteiger partial charge in [0.2, 0.25) is 5.95 Å². The smallest absolute Gasteiger partial charge is 0.224 e. The van der Waals surface area contributed by atoms with E-state index < -0.39 is 0 Å². The predicted molar refractivity (Wildman–Crippen MR) is 146 cm³/mol. The number of morpholine rings is 1. The lowest BCUT2D eigenvalue weighted by Crippen LogP contribution is -2.47. The van der Waals surface area contributed by atoms with E-state index in [0.29, 0.717) is 11.9 Å². The first-order chi connectivity index (χ1) is 18.1. The standard InChI is InChI=1S/C29H42N6O2/c1-3-4-13-30-28-31-19-24-26(33-35(27(24)32-28)22-6-8-23(36)9-7-22)21-5-10-25(20(2)18-21)29(11-12-29)34-14-16-37-17-15-34/h5,10,19-20,22-23,36H,3-4,6-9,11-18H2,1-2H3,(H,30,31,32). The van der Waals surface area contributed by atoms with Crippen molar-refractivity contribution >= 4 is 22.6 Å². The fraction of sp³-hybridized carbons (Fsp3) is 0.690. The molecule has 6 rings (SSSR count). The largest absolute Gasteiger partial charge is 0.393 e. The Bertz CT molecular complexity index is 1170. The maximum atomic E-state index is 10.1. The Morgan fingerprint density at radius 2 is 1.92 bits per heavy atom. The van der Waals surface area contributed by atoms with Crippen molar-refractivity contribution in [3.8, 4) is 0 Å². The second-order valence-electron chi connectivity index (χ2n) is 11.5. The molecule has 0 aromatic carbocycles. The van der Waals surface area contributed by atoms with Crippen molar-refractivity contribution in [2.24, 2.45) is 5.92 Å². The average molecular weight is 507 g/mol. The van der Waals surface area contributed by atoms with Crippen LogP contribution < -0.4 is 5.32 Å².